The van der Waals surface area contributed by atoms with Crippen LogP contribution in [0, 0.1) is 6.92 Å². The van der Waals surface area contributed by atoms with Gasteiger partial charge in [0, 0.05) is 12.7 Å². The molecule has 0 bridgehead atoms. The third-order valence-corrected chi connectivity index (χ3v) is 3.21. The molecule has 0 fully saturated rings. The summed E-state index contributed by atoms with van der Waals surface area (Å²) in [6, 6.07) is 5.70. The smallest absolute Gasteiger partial charge is 0.328 e. The molecule has 0 aliphatic carbocycles. The van der Waals surface area contributed by atoms with Crippen molar-refractivity contribution in [2.75, 3.05) is 18.6 Å². The molecule has 0 heterocycles. The van der Waals surface area contributed by atoms with Crippen molar-refractivity contribution in [3.05, 3.63) is 23.8 Å². The largest absolute Gasteiger partial charge is 0.494 e. The van der Waals surface area contributed by atoms with E-state index in [1.165, 1.54) is 0 Å². The van der Waals surface area contributed by atoms with E-state index in [0.29, 0.717) is 6.61 Å². The molecule has 100 valence electrons. The summed E-state index contributed by atoms with van der Waals surface area (Å²) < 4.78 is 5.47. The first-order valence-corrected chi connectivity index (χ1v) is 6.01. The lowest BCUT2D eigenvalue weighted by atomic mass is 10.0. The molecule has 1 N–H and O–H groups in total. The Balaban J connectivity index is 3.05. The maximum atomic E-state index is 11.2. The number of carboxylic acid groups (broad SMARTS) is 1. The highest BCUT2D eigenvalue weighted by Gasteiger charge is 2.32. The zero-order chi connectivity index (χ0) is 13.9. The van der Waals surface area contributed by atoms with Crippen molar-refractivity contribution in [1.82, 2.24) is 0 Å². The first-order chi connectivity index (χ1) is 8.30. The lowest BCUT2D eigenvalue weighted by Crippen LogP contribution is -2.48. The Bertz CT molecular complexity index is 441. The van der Waals surface area contributed by atoms with Gasteiger partial charge in [-0.3, -0.25) is 0 Å². The predicted octanol–water partition coefficient (Wildman–Crippen LogP) is 2.69. The van der Waals surface area contributed by atoms with Crippen molar-refractivity contribution in [3.8, 4) is 5.75 Å². The third kappa shape index (κ3) is 2.75. The molecule has 0 radical (unpaired) electrons. The molecule has 0 aromatic heterocycles. The fourth-order valence-electron chi connectivity index (χ4n) is 1.63. The molecule has 4 nitrogen and oxygen atoms in total. The lowest BCUT2D eigenvalue weighted by molar-refractivity contribution is -0.142. The fourth-order valence-corrected chi connectivity index (χ4v) is 1.63. The third-order valence-electron chi connectivity index (χ3n) is 3.21. The number of carbonyl (C=O) groups is 1. The van der Waals surface area contributed by atoms with Crippen LogP contribution >= 0.6 is 0 Å². The van der Waals surface area contributed by atoms with Crippen LogP contribution in [0.5, 0.6) is 5.75 Å². The van der Waals surface area contributed by atoms with Crippen molar-refractivity contribution < 1.29 is 14.6 Å². The molecule has 0 saturated heterocycles. The summed E-state index contributed by atoms with van der Waals surface area (Å²) in [7, 11) is 1.78. The van der Waals surface area contributed by atoms with E-state index in [1.807, 2.05) is 32.0 Å². The van der Waals surface area contributed by atoms with Crippen LogP contribution in [0.3, 0.4) is 0 Å². The number of hydrogen-bond acceptors (Lipinski definition) is 3. The Morgan fingerprint density at radius 2 is 2.06 bits per heavy atom. The highest BCUT2D eigenvalue weighted by atomic mass is 16.5. The molecular weight excluding hydrogens is 230 g/mol. The van der Waals surface area contributed by atoms with E-state index in [0.717, 1.165) is 17.0 Å². The van der Waals surface area contributed by atoms with Gasteiger partial charge in [-0.05, 0) is 51.5 Å². The Kier molecular flexibility index (Phi) is 4.22. The molecule has 0 atom stereocenters. The van der Waals surface area contributed by atoms with Crippen LogP contribution in [0.2, 0.25) is 0 Å². The average Bonchev–Trinajstić information content (AvgIpc) is 2.30. The molecule has 1 rings (SSSR count). The van der Waals surface area contributed by atoms with Gasteiger partial charge in [-0.1, -0.05) is 0 Å². The average molecular weight is 251 g/mol. The maximum absolute atomic E-state index is 11.2. The van der Waals surface area contributed by atoms with Gasteiger partial charge in [-0.2, -0.15) is 0 Å². The Hall–Kier alpha value is -1.71. The number of anilines is 1. The van der Waals surface area contributed by atoms with E-state index in [9.17, 15) is 9.90 Å². The van der Waals surface area contributed by atoms with Gasteiger partial charge in [0.2, 0.25) is 0 Å². The van der Waals surface area contributed by atoms with Crippen LogP contribution in [-0.4, -0.2) is 30.3 Å². The van der Waals surface area contributed by atoms with Gasteiger partial charge in [-0.15, -0.1) is 0 Å². The fraction of sp³-hybridized carbons (Fsp3) is 0.500. The van der Waals surface area contributed by atoms with Crippen LogP contribution in [0.4, 0.5) is 5.69 Å². The summed E-state index contributed by atoms with van der Waals surface area (Å²) in [6.07, 6.45) is 0. The second-order valence-corrected chi connectivity index (χ2v) is 4.81. The van der Waals surface area contributed by atoms with E-state index in [2.05, 4.69) is 0 Å². The number of ether oxygens (including phenoxy) is 1. The molecule has 0 spiro atoms. The van der Waals surface area contributed by atoms with Gasteiger partial charge in [0.05, 0.1) is 6.61 Å². The second-order valence-electron chi connectivity index (χ2n) is 4.81. The number of likely N-dealkylation sites (N-methyl/N-ethyl adjacent to an activating group) is 1. The Morgan fingerprint density at radius 3 is 2.50 bits per heavy atom. The first kappa shape index (κ1) is 14.4. The van der Waals surface area contributed by atoms with Crippen LogP contribution < -0.4 is 9.64 Å². The van der Waals surface area contributed by atoms with Gasteiger partial charge in [0.25, 0.3) is 0 Å². The van der Waals surface area contributed by atoms with Gasteiger partial charge in [0.15, 0.2) is 0 Å². The monoisotopic (exact) mass is 251 g/mol. The number of aryl methyl sites for hydroxylation is 1. The first-order valence-electron chi connectivity index (χ1n) is 6.01. The van der Waals surface area contributed by atoms with Crippen LogP contribution in [0.1, 0.15) is 26.3 Å². The number of carboxylic acids is 1. The van der Waals surface area contributed by atoms with Crippen LogP contribution in [-0.2, 0) is 4.79 Å². The van der Waals surface area contributed by atoms with Gasteiger partial charge >= 0.3 is 5.97 Å². The van der Waals surface area contributed by atoms with Gasteiger partial charge in [0.1, 0.15) is 11.3 Å². The Labute approximate surface area is 108 Å². The number of benzene rings is 1. The molecule has 4 heteroatoms. The maximum Gasteiger partial charge on any atom is 0.328 e. The minimum Gasteiger partial charge on any atom is -0.494 e. The minimum atomic E-state index is -0.945. The SMILES string of the molecule is CCOc1ccc(N(C)C(C)(C)C(=O)O)cc1C. The number of aliphatic carboxylic acids is 1. The van der Waals surface area contributed by atoms with Crippen LogP contribution in [0.15, 0.2) is 18.2 Å². The molecule has 0 aliphatic heterocycles. The molecule has 0 saturated carbocycles. The van der Waals surface area contributed by atoms with Gasteiger partial charge < -0.3 is 14.7 Å². The van der Waals surface area contributed by atoms with Gasteiger partial charge in [-0.25, -0.2) is 4.79 Å². The summed E-state index contributed by atoms with van der Waals surface area (Å²) in [5, 5.41) is 9.21. The second kappa shape index (κ2) is 5.29. The predicted molar refractivity (Wildman–Crippen MR) is 72.5 cm³/mol. The lowest BCUT2D eigenvalue weighted by Gasteiger charge is -2.33. The summed E-state index contributed by atoms with van der Waals surface area (Å²) in [6.45, 7) is 7.88. The summed E-state index contributed by atoms with van der Waals surface area (Å²) in [5.41, 5.74) is 0.922. The van der Waals surface area contributed by atoms with E-state index < -0.39 is 11.5 Å². The van der Waals surface area contributed by atoms with Crippen LogP contribution in [0.25, 0.3) is 0 Å². The number of nitrogens with zero attached hydrogens (tertiary/aromatic N) is 1. The Morgan fingerprint density at radius 1 is 1.44 bits per heavy atom. The molecule has 0 amide bonds. The minimum absolute atomic E-state index is 0.622. The quantitative estimate of drug-likeness (QED) is 0.874. The van der Waals surface area contributed by atoms with E-state index >= 15 is 0 Å². The highest BCUT2D eigenvalue weighted by Crippen LogP contribution is 2.28. The van der Waals surface area contributed by atoms with E-state index in [4.69, 9.17) is 4.74 Å². The van der Waals surface area contributed by atoms with E-state index in [-0.39, 0.29) is 0 Å². The summed E-state index contributed by atoms with van der Waals surface area (Å²) in [5.74, 6) is -0.0145. The molecule has 1 aromatic rings. The molecule has 0 aliphatic rings. The zero-order valence-corrected chi connectivity index (χ0v) is 11.7. The van der Waals surface area contributed by atoms with E-state index in [1.54, 1.807) is 25.8 Å². The van der Waals surface area contributed by atoms with Crippen molar-refractivity contribution in [2.24, 2.45) is 0 Å². The molecular formula is C14H21NO3. The highest BCUT2D eigenvalue weighted by molar-refractivity contribution is 5.82. The normalized spacial score (nSPS) is 11.2. The molecule has 18 heavy (non-hydrogen) atoms. The molecule has 0 unspecified atom stereocenters. The van der Waals surface area contributed by atoms with Crippen molar-refractivity contribution in [2.45, 2.75) is 33.2 Å². The van der Waals surface area contributed by atoms with Crippen molar-refractivity contribution >= 4 is 11.7 Å². The zero-order valence-electron chi connectivity index (χ0n) is 11.7. The number of hydrogen-bond donors (Lipinski definition) is 1. The topological polar surface area (TPSA) is 49.8 Å². The summed E-state index contributed by atoms with van der Waals surface area (Å²) in [4.78, 5) is 13.0. The van der Waals surface area contributed by atoms with Crippen molar-refractivity contribution in [3.63, 3.8) is 0 Å². The number of rotatable bonds is 5. The molecule has 1 aromatic carbocycles. The van der Waals surface area contributed by atoms with Crippen molar-refractivity contribution in [1.29, 1.82) is 0 Å². The summed E-state index contributed by atoms with van der Waals surface area (Å²) >= 11 is 0. The standard InChI is InChI=1S/C14H21NO3/c1-6-18-12-8-7-11(9-10(12)2)15(5)14(3,4)13(16)17/h7-9H,6H2,1-5H3,(H,16,17).